The normalized spacial score (nSPS) is 9.59. The summed E-state index contributed by atoms with van der Waals surface area (Å²) in [5, 5.41) is 17.1. The number of hydrogen-bond acceptors (Lipinski definition) is 6. The van der Waals surface area contributed by atoms with E-state index in [1.165, 1.54) is 18.3 Å². The number of carbonyl (C=O) groups excluding carboxylic acids is 1. The van der Waals surface area contributed by atoms with E-state index in [-0.39, 0.29) is 11.3 Å². The van der Waals surface area contributed by atoms with Gasteiger partial charge in [-0.15, -0.1) is 0 Å². The first-order valence-electron chi connectivity index (χ1n) is 4.42. The Morgan fingerprint density at radius 3 is 2.94 bits per heavy atom. The van der Waals surface area contributed by atoms with Gasteiger partial charge >= 0.3 is 0 Å². The number of anilines is 1. The van der Waals surface area contributed by atoms with Crippen LogP contribution in [0.25, 0.3) is 0 Å². The van der Waals surface area contributed by atoms with Crippen molar-refractivity contribution >= 4 is 22.4 Å². The summed E-state index contributed by atoms with van der Waals surface area (Å²) in [6, 6.07) is 4.41. The van der Waals surface area contributed by atoms with Gasteiger partial charge in [0, 0.05) is 6.07 Å². The first-order chi connectivity index (χ1) is 8.19. The van der Waals surface area contributed by atoms with Crippen molar-refractivity contribution in [1.29, 1.82) is 5.26 Å². The zero-order valence-electron chi connectivity index (χ0n) is 8.30. The van der Waals surface area contributed by atoms with E-state index in [0.717, 1.165) is 11.3 Å². The molecule has 7 nitrogen and oxygen atoms in total. The molecule has 1 amide bonds. The van der Waals surface area contributed by atoms with E-state index in [1.54, 1.807) is 0 Å². The summed E-state index contributed by atoms with van der Waals surface area (Å²) in [4.78, 5) is 26.6. The minimum Gasteiger partial charge on any atom is -0.296 e. The van der Waals surface area contributed by atoms with Crippen LogP contribution in [0, 0.1) is 11.3 Å². The zero-order valence-corrected chi connectivity index (χ0v) is 9.11. The Morgan fingerprint density at radius 2 is 2.35 bits per heavy atom. The van der Waals surface area contributed by atoms with Gasteiger partial charge in [0.25, 0.3) is 11.5 Å². The molecule has 2 aromatic rings. The first kappa shape index (κ1) is 11.0. The lowest BCUT2D eigenvalue weighted by atomic mass is 10.4. The number of nitrogens with zero attached hydrogens (tertiary/aromatic N) is 3. The van der Waals surface area contributed by atoms with E-state index in [2.05, 4.69) is 20.5 Å². The Bertz CT molecular complexity index is 633. The maximum absolute atomic E-state index is 11.6. The van der Waals surface area contributed by atoms with Crippen LogP contribution in [0.4, 0.5) is 5.13 Å². The molecule has 0 fully saturated rings. The molecule has 0 saturated heterocycles. The molecule has 2 rings (SSSR count). The van der Waals surface area contributed by atoms with Gasteiger partial charge in [0.2, 0.25) is 0 Å². The third-order valence-corrected chi connectivity index (χ3v) is 2.57. The molecule has 0 saturated carbocycles. The van der Waals surface area contributed by atoms with Gasteiger partial charge in [-0.1, -0.05) is 11.3 Å². The van der Waals surface area contributed by atoms with E-state index in [0.29, 0.717) is 10.0 Å². The van der Waals surface area contributed by atoms with Gasteiger partial charge in [-0.25, -0.2) is 10.1 Å². The lowest BCUT2D eigenvalue weighted by Gasteiger charge is -1.98. The fourth-order valence-corrected chi connectivity index (χ4v) is 1.62. The van der Waals surface area contributed by atoms with Gasteiger partial charge in [0.05, 0.1) is 6.20 Å². The molecule has 8 heteroatoms. The Hall–Kier alpha value is -2.53. The highest BCUT2D eigenvalue weighted by Gasteiger charge is 2.10. The molecule has 0 aromatic carbocycles. The predicted octanol–water partition coefficient (Wildman–Crippen LogP) is 0.350. The smallest absolute Gasteiger partial charge is 0.277 e. The van der Waals surface area contributed by atoms with Crippen LogP contribution in [0.1, 0.15) is 15.4 Å². The largest absolute Gasteiger partial charge is 0.296 e. The number of aromatic nitrogens is 3. The zero-order chi connectivity index (χ0) is 12.3. The van der Waals surface area contributed by atoms with E-state index >= 15 is 0 Å². The molecule has 0 aliphatic heterocycles. The topological polar surface area (TPSA) is 112 Å². The van der Waals surface area contributed by atoms with Gasteiger partial charge < -0.3 is 0 Å². The monoisotopic (exact) mass is 247 g/mol. The van der Waals surface area contributed by atoms with Crippen molar-refractivity contribution in [3.63, 3.8) is 0 Å². The number of aromatic amines is 1. The molecule has 0 unspecified atom stereocenters. The molecule has 0 atom stereocenters. The number of H-pyrrole nitrogens is 1. The molecule has 0 aliphatic carbocycles. The lowest BCUT2D eigenvalue weighted by molar-refractivity contribution is 0.102. The van der Waals surface area contributed by atoms with Gasteiger partial charge in [0.1, 0.15) is 16.6 Å². The Balaban J connectivity index is 2.14. The highest BCUT2D eigenvalue weighted by molar-refractivity contribution is 7.16. The number of nitrogens with one attached hydrogen (secondary N) is 2. The van der Waals surface area contributed by atoms with Crippen molar-refractivity contribution in [2.24, 2.45) is 0 Å². The maximum atomic E-state index is 11.6. The third-order valence-electron chi connectivity index (χ3n) is 1.75. The second kappa shape index (κ2) is 4.54. The molecular weight excluding hydrogens is 242 g/mol. The predicted molar refractivity (Wildman–Crippen MR) is 59.6 cm³/mol. The second-order valence-electron chi connectivity index (χ2n) is 2.90. The van der Waals surface area contributed by atoms with Crippen molar-refractivity contribution < 1.29 is 4.79 Å². The Kier molecular flexibility index (Phi) is 2.93. The number of nitriles is 1. The Labute approximate surface area is 98.8 Å². The van der Waals surface area contributed by atoms with Crippen molar-refractivity contribution in [2.45, 2.75) is 0 Å². The number of thiazole rings is 1. The quantitative estimate of drug-likeness (QED) is 0.795. The summed E-state index contributed by atoms with van der Waals surface area (Å²) in [6.45, 7) is 0. The average molecular weight is 247 g/mol. The van der Waals surface area contributed by atoms with Crippen LogP contribution < -0.4 is 10.9 Å². The summed E-state index contributed by atoms with van der Waals surface area (Å²) in [5.74, 6) is -0.500. The lowest BCUT2D eigenvalue weighted by Crippen LogP contribution is -2.17. The maximum Gasteiger partial charge on any atom is 0.277 e. The number of carbonyl (C=O) groups is 1. The van der Waals surface area contributed by atoms with Crippen LogP contribution >= 0.6 is 11.3 Å². The van der Waals surface area contributed by atoms with Crippen LogP contribution in [0.3, 0.4) is 0 Å². The second-order valence-corrected chi connectivity index (χ2v) is 3.93. The summed E-state index contributed by atoms with van der Waals surface area (Å²) >= 11 is 1.06. The third kappa shape index (κ3) is 2.53. The molecular formula is C9H5N5O2S. The van der Waals surface area contributed by atoms with E-state index in [9.17, 15) is 9.59 Å². The fraction of sp³-hybridized carbons (Fsp3) is 0. The van der Waals surface area contributed by atoms with E-state index in [4.69, 9.17) is 5.26 Å². The van der Waals surface area contributed by atoms with Gasteiger partial charge in [-0.3, -0.25) is 14.9 Å². The first-order valence-corrected chi connectivity index (χ1v) is 5.23. The molecule has 0 spiro atoms. The van der Waals surface area contributed by atoms with Crippen LogP contribution in [0.2, 0.25) is 0 Å². The minimum atomic E-state index is -0.500. The number of rotatable bonds is 2. The average Bonchev–Trinajstić information content (AvgIpc) is 2.77. The highest BCUT2D eigenvalue weighted by atomic mass is 32.1. The van der Waals surface area contributed by atoms with Gasteiger partial charge in [-0.05, 0) is 6.07 Å². The highest BCUT2D eigenvalue weighted by Crippen LogP contribution is 2.17. The van der Waals surface area contributed by atoms with Crippen molar-refractivity contribution in [2.75, 3.05) is 5.32 Å². The molecule has 17 heavy (non-hydrogen) atoms. The summed E-state index contributed by atoms with van der Waals surface area (Å²) in [7, 11) is 0. The summed E-state index contributed by atoms with van der Waals surface area (Å²) in [5.41, 5.74) is -0.319. The fourth-order valence-electron chi connectivity index (χ4n) is 1.02. The molecule has 2 heterocycles. The summed E-state index contributed by atoms with van der Waals surface area (Å²) < 4.78 is 0. The van der Waals surface area contributed by atoms with E-state index < -0.39 is 5.91 Å². The summed E-state index contributed by atoms with van der Waals surface area (Å²) in [6.07, 6.45) is 1.36. The molecule has 2 N–H and O–H groups in total. The van der Waals surface area contributed by atoms with Gasteiger partial charge in [0.15, 0.2) is 5.13 Å². The van der Waals surface area contributed by atoms with Crippen LogP contribution in [0.5, 0.6) is 0 Å². The minimum absolute atomic E-state index is 0.0679. The van der Waals surface area contributed by atoms with Crippen LogP contribution in [-0.2, 0) is 0 Å². The van der Waals surface area contributed by atoms with Crippen LogP contribution in [-0.4, -0.2) is 21.1 Å². The number of hydrogen-bond donors (Lipinski definition) is 2. The van der Waals surface area contributed by atoms with Crippen molar-refractivity contribution in [3.05, 3.63) is 39.3 Å². The SMILES string of the molecule is N#Cc1cnc(NC(=O)c2ccc(=O)[nH]n2)s1. The Morgan fingerprint density at radius 1 is 1.53 bits per heavy atom. The molecule has 2 aromatic heterocycles. The number of amides is 1. The van der Waals surface area contributed by atoms with Gasteiger partial charge in [-0.2, -0.15) is 10.4 Å². The molecule has 0 bridgehead atoms. The van der Waals surface area contributed by atoms with Crippen molar-refractivity contribution in [1.82, 2.24) is 15.2 Å². The van der Waals surface area contributed by atoms with Crippen molar-refractivity contribution in [3.8, 4) is 6.07 Å². The van der Waals surface area contributed by atoms with E-state index in [1.807, 2.05) is 6.07 Å². The molecule has 84 valence electrons. The molecule has 0 radical (unpaired) electrons. The standard InChI is InChI=1S/C9H5N5O2S/c10-3-5-4-11-9(17-5)12-8(16)6-1-2-7(15)14-13-6/h1-2,4H,(H,14,15)(H,11,12,16). The van der Waals surface area contributed by atoms with Crippen LogP contribution in [0.15, 0.2) is 23.1 Å². The molecule has 0 aliphatic rings.